The van der Waals surface area contributed by atoms with Crippen LogP contribution in [0.2, 0.25) is 0 Å². The van der Waals surface area contributed by atoms with E-state index in [1.54, 1.807) is 18.2 Å². The number of aromatic hydroxyl groups is 1. The first-order chi connectivity index (χ1) is 7.33. The minimum Gasteiger partial charge on any atom is -0.508 e. The van der Waals surface area contributed by atoms with Crippen LogP contribution in [0, 0.1) is 0 Å². The van der Waals surface area contributed by atoms with Crippen LogP contribution in [0.3, 0.4) is 0 Å². The minimum atomic E-state index is 0. The standard InChI is InChI=1S/C12H9NO2.Mn/c14-8-5-6-10-12(7-8)15-11-4-2-1-3-9(11)13-10;/h1,3-7,14H,2H2;. The summed E-state index contributed by atoms with van der Waals surface area (Å²) in [4.78, 5) is 4.43. The molecule has 0 bridgehead atoms. The number of phenolic OH excluding ortho intramolecular Hbond substituents is 1. The van der Waals surface area contributed by atoms with Crippen LogP contribution in [0.5, 0.6) is 11.5 Å². The summed E-state index contributed by atoms with van der Waals surface area (Å²) in [5, 5.41) is 9.32. The maximum Gasteiger partial charge on any atom is 0.156 e. The van der Waals surface area contributed by atoms with E-state index in [0.29, 0.717) is 5.75 Å². The Morgan fingerprint density at radius 2 is 2.19 bits per heavy atom. The van der Waals surface area contributed by atoms with E-state index >= 15 is 0 Å². The molecule has 0 aromatic heterocycles. The molecule has 1 N–H and O–H groups in total. The van der Waals surface area contributed by atoms with Crippen molar-refractivity contribution in [2.75, 3.05) is 0 Å². The Kier molecular flexibility index (Phi) is 2.86. The fraction of sp³-hybridized carbons (Fsp3) is 0.0833. The van der Waals surface area contributed by atoms with Crippen molar-refractivity contribution in [3.05, 3.63) is 42.2 Å². The summed E-state index contributed by atoms with van der Waals surface area (Å²) in [5.41, 5.74) is 1.60. The first-order valence-corrected chi connectivity index (χ1v) is 4.79. The van der Waals surface area contributed by atoms with Crippen molar-refractivity contribution in [2.45, 2.75) is 6.42 Å². The fourth-order valence-corrected chi connectivity index (χ4v) is 1.65. The molecule has 1 radical (unpaired) electrons. The number of rotatable bonds is 0. The number of fused-ring (bicyclic) bond motifs is 2. The number of benzene rings is 1. The van der Waals surface area contributed by atoms with Gasteiger partial charge in [-0.05, 0) is 30.7 Å². The molecule has 2 aliphatic rings. The zero-order valence-electron chi connectivity index (χ0n) is 8.35. The summed E-state index contributed by atoms with van der Waals surface area (Å²) < 4.78 is 5.64. The van der Waals surface area contributed by atoms with Crippen LogP contribution in [-0.4, -0.2) is 10.8 Å². The van der Waals surface area contributed by atoms with Gasteiger partial charge in [-0.1, -0.05) is 6.08 Å². The van der Waals surface area contributed by atoms with Crippen LogP contribution < -0.4 is 4.74 Å². The van der Waals surface area contributed by atoms with E-state index < -0.39 is 0 Å². The van der Waals surface area contributed by atoms with Gasteiger partial charge in [0.2, 0.25) is 0 Å². The fourth-order valence-electron chi connectivity index (χ4n) is 1.65. The molecule has 0 spiro atoms. The van der Waals surface area contributed by atoms with Crippen molar-refractivity contribution in [2.24, 2.45) is 4.99 Å². The summed E-state index contributed by atoms with van der Waals surface area (Å²) in [7, 11) is 0. The van der Waals surface area contributed by atoms with E-state index in [-0.39, 0.29) is 22.8 Å². The van der Waals surface area contributed by atoms with Crippen molar-refractivity contribution in [3.63, 3.8) is 0 Å². The molecule has 1 heterocycles. The van der Waals surface area contributed by atoms with Crippen LogP contribution in [-0.2, 0) is 17.1 Å². The molecule has 0 amide bonds. The van der Waals surface area contributed by atoms with E-state index in [1.807, 2.05) is 18.2 Å². The topological polar surface area (TPSA) is 41.8 Å². The molecule has 3 rings (SSSR count). The Morgan fingerprint density at radius 3 is 3.06 bits per heavy atom. The molecule has 0 saturated carbocycles. The first-order valence-electron chi connectivity index (χ1n) is 4.79. The second kappa shape index (κ2) is 4.16. The smallest absolute Gasteiger partial charge is 0.156 e. The number of hydrogen-bond donors (Lipinski definition) is 1. The molecular formula is C12H9MnNO2. The third-order valence-electron chi connectivity index (χ3n) is 2.37. The van der Waals surface area contributed by atoms with Crippen LogP contribution in [0.1, 0.15) is 6.42 Å². The molecule has 1 aliphatic carbocycles. The van der Waals surface area contributed by atoms with Crippen LogP contribution in [0.15, 0.2) is 47.2 Å². The summed E-state index contributed by atoms with van der Waals surface area (Å²) in [6.45, 7) is 0. The van der Waals surface area contributed by atoms with Gasteiger partial charge in [0.15, 0.2) is 5.75 Å². The van der Waals surface area contributed by atoms with Crippen molar-refractivity contribution < 1.29 is 26.9 Å². The summed E-state index contributed by atoms with van der Waals surface area (Å²) in [6.07, 6.45) is 6.83. The Labute approximate surface area is 104 Å². The van der Waals surface area contributed by atoms with Gasteiger partial charge in [-0.25, -0.2) is 4.99 Å². The van der Waals surface area contributed by atoms with E-state index in [1.165, 1.54) is 0 Å². The quantitative estimate of drug-likeness (QED) is 0.723. The van der Waals surface area contributed by atoms with Crippen molar-refractivity contribution in [1.29, 1.82) is 0 Å². The van der Waals surface area contributed by atoms with Gasteiger partial charge in [-0.3, -0.25) is 0 Å². The zero-order valence-corrected chi connectivity index (χ0v) is 9.53. The van der Waals surface area contributed by atoms with Crippen molar-refractivity contribution >= 4 is 11.4 Å². The average Bonchev–Trinajstić information content (AvgIpc) is 2.26. The predicted molar refractivity (Wildman–Crippen MR) is 57.7 cm³/mol. The SMILES string of the molecule is Oc1ccc2c(c1)OC1=CCC=CC1=N2.[Mn]. The first kappa shape index (κ1) is 11.0. The molecule has 3 nitrogen and oxygen atoms in total. The molecule has 4 heteroatoms. The number of allylic oxidation sites excluding steroid dienone is 3. The van der Waals surface area contributed by atoms with Gasteiger partial charge in [0.25, 0.3) is 0 Å². The Balaban J connectivity index is 0.000000963. The van der Waals surface area contributed by atoms with Crippen molar-refractivity contribution in [3.8, 4) is 11.5 Å². The number of phenols is 1. The molecular weight excluding hydrogens is 245 g/mol. The van der Waals surface area contributed by atoms with Gasteiger partial charge in [-0.15, -0.1) is 0 Å². The summed E-state index contributed by atoms with van der Waals surface area (Å²) in [5.74, 6) is 1.58. The minimum absolute atomic E-state index is 0. The monoisotopic (exact) mass is 254 g/mol. The van der Waals surface area contributed by atoms with E-state index in [9.17, 15) is 5.11 Å². The Bertz CT molecular complexity index is 518. The second-order valence-electron chi connectivity index (χ2n) is 3.46. The summed E-state index contributed by atoms with van der Waals surface area (Å²) >= 11 is 0. The number of ether oxygens (including phenoxy) is 1. The Morgan fingerprint density at radius 1 is 1.31 bits per heavy atom. The van der Waals surface area contributed by atoms with Gasteiger partial charge in [0, 0.05) is 23.1 Å². The predicted octanol–water partition coefficient (Wildman–Crippen LogP) is 2.70. The third kappa shape index (κ3) is 1.77. The van der Waals surface area contributed by atoms with Gasteiger partial charge in [0.1, 0.15) is 22.9 Å². The largest absolute Gasteiger partial charge is 0.508 e. The molecule has 81 valence electrons. The molecule has 0 unspecified atom stereocenters. The second-order valence-corrected chi connectivity index (χ2v) is 3.46. The van der Waals surface area contributed by atoms with E-state index in [0.717, 1.165) is 23.6 Å². The average molecular weight is 254 g/mol. The number of hydrogen-bond acceptors (Lipinski definition) is 3. The van der Waals surface area contributed by atoms with Crippen LogP contribution in [0.25, 0.3) is 0 Å². The molecule has 0 saturated heterocycles. The molecule has 16 heavy (non-hydrogen) atoms. The number of aliphatic imine (C=N–C) groups is 1. The maximum absolute atomic E-state index is 9.32. The molecule has 1 aliphatic heterocycles. The molecule has 1 aromatic carbocycles. The van der Waals surface area contributed by atoms with Gasteiger partial charge < -0.3 is 9.84 Å². The van der Waals surface area contributed by atoms with E-state index in [2.05, 4.69) is 4.99 Å². The van der Waals surface area contributed by atoms with Crippen molar-refractivity contribution in [1.82, 2.24) is 0 Å². The van der Waals surface area contributed by atoms with E-state index in [4.69, 9.17) is 4.74 Å². The van der Waals surface area contributed by atoms with Gasteiger partial charge >= 0.3 is 0 Å². The molecule has 0 fully saturated rings. The molecule has 0 atom stereocenters. The maximum atomic E-state index is 9.32. The third-order valence-corrected chi connectivity index (χ3v) is 2.37. The van der Waals surface area contributed by atoms with Crippen LogP contribution >= 0.6 is 0 Å². The molecule has 1 aromatic rings. The normalized spacial score (nSPS) is 16.0. The van der Waals surface area contributed by atoms with Gasteiger partial charge in [0.05, 0.1) is 0 Å². The Hall–Kier alpha value is -1.51. The number of nitrogens with zero attached hydrogens (tertiary/aromatic N) is 1. The van der Waals surface area contributed by atoms with Gasteiger partial charge in [-0.2, -0.15) is 0 Å². The van der Waals surface area contributed by atoms with Crippen LogP contribution in [0.4, 0.5) is 5.69 Å². The summed E-state index contributed by atoms with van der Waals surface area (Å²) in [6, 6.07) is 4.93. The zero-order chi connectivity index (χ0) is 10.3.